The Morgan fingerprint density at radius 1 is 1.33 bits per heavy atom. The summed E-state index contributed by atoms with van der Waals surface area (Å²) in [5.74, 6) is 0.652. The number of aromatic nitrogens is 5. The van der Waals surface area contributed by atoms with Crippen molar-refractivity contribution in [3.63, 3.8) is 0 Å². The number of H-pyrrole nitrogens is 1. The molecule has 0 bridgehead atoms. The Hall–Kier alpha value is -2.68. The van der Waals surface area contributed by atoms with Gasteiger partial charge in [-0.25, -0.2) is 15.0 Å². The molecule has 0 amide bonds. The van der Waals surface area contributed by atoms with Gasteiger partial charge in [0.1, 0.15) is 22.6 Å². The minimum Gasteiger partial charge on any atom is -0.409 e. The number of nitrogens with zero attached hydrogens (tertiary/aromatic N) is 5. The highest BCUT2D eigenvalue weighted by Crippen LogP contribution is 2.25. The maximum Gasteiger partial charge on any atom is 0.188 e. The summed E-state index contributed by atoms with van der Waals surface area (Å²) >= 11 is 1.54. The zero-order valence-electron chi connectivity index (χ0n) is 10.8. The van der Waals surface area contributed by atoms with Gasteiger partial charge in [-0.3, -0.25) is 4.98 Å². The minimum absolute atomic E-state index is 0.0140. The molecule has 0 unspecified atom stereocenters. The van der Waals surface area contributed by atoms with Gasteiger partial charge in [0.15, 0.2) is 11.5 Å². The van der Waals surface area contributed by atoms with E-state index in [1.807, 2.05) is 6.07 Å². The molecule has 3 rings (SSSR count). The largest absolute Gasteiger partial charge is 0.409 e. The van der Waals surface area contributed by atoms with E-state index in [2.05, 4.69) is 30.1 Å². The number of oxime groups is 1. The molecular formula is C12H11N7OS. The summed E-state index contributed by atoms with van der Waals surface area (Å²) in [6.45, 7) is 0. The van der Waals surface area contributed by atoms with Crippen LogP contribution in [0.4, 0.5) is 0 Å². The number of nitrogens with two attached hydrogens (primary N) is 1. The van der Waals surface area contributed by atoms with Crippen LogP contribution >= 0.6 is 11.8 Å². The first-order valence-corrected chi connectivity index (χ1v) is 6.96. The second kappa shape index (κ2) is 5.75. The van der Waals surface area contributed by atoms with Crippen LogP contribution < -0.4 is 5.73 Å². The molecular weight excluding hydrogens is 290 g/mol. The maximum atomic E-state index is 8.67. The molecule has 8 nitrogen and oxygen atoms in total. The molecule has 0 radical (unpaired) electrons. The van der Waals surface area contributed by atoms with Crippen molar-refractivity contribution in [2.45, 2.75) is 10.8 Å². The van der Waals surface area contributed by atoms with Gasteiger partial charge >= 0.3 is 0 Å². The van der Waals surface area contributed by atoms with E-state index in [1.165, 1.54) is 6.33 Å². The number of hydrogen-bond donors (Lipinski definition) is 3. The molecule has 0 aliphatic rings. The third-order valence-electron chi connectivity index (χ3n) is 2.76. The molecule has 0 aromatic carbocycles. The summed E-state index contributed by atoms with van der Waals surface area (Å²) in [6, 6.07) is 3.64. The fourth-order valence-electron chi connectivity index (χ4n) is 1.76. The van der Waals surface area contributed by atoms with Crippen LogP contribution in [-0.4, -0.2) is 36.0 Å². The molecule has 0 spiro atoms. The van der Waals surface area contributed by atoms with Crippen LogP contribution in [0, 0.1) is 0 Å². The van der Waals surface area contributed by atoms with Crippen molar-refractivity contribution in [2.75, 3.05) is 0 Å². The van der Waals surface area contributed by atoms with Crippen LogP contribution in [0.15, 0.2) is 41.2 Å². The first-order chi connectivity index (χ1) is 10.3. The molecule has 0 fully saturated rings. The van der Waals surface area contributed by atoms with E-state index in [0.29, 0.717) is 17.1 Å². The van der Waals surface area contributed by atoms with E-state index in [1.54, 1.807) is 30.4 Å². The summed E-state index contributed by atoms with van der Waals surface area (Å²) in [7, 11) is 0. The van der Waals surface area contributed by atoms with Crippen LogP contribution in [0.2, 0.25) is 0 Å². The van der Waals surface area contributed by atoms with Crippen molar-refractivity contribution in [3.8, 4) is 0 Å². The van der Waals surface area contributed by atoms with E-state index in [0.717, 1.165) is 16.1 Å². The highest BCUT2D eigenvalue weighted by molar-refractivity contribution is 7.98. The fraction of sp³-hybridized carbons (Fsp3) is 0.0833. The number of hydrogen-bond acceptors (Lipinski definition) is 7. The standard InChI is InChI=1S/C12H11N7OS/c13-10(19-20)8-3-7(1-2-14-8)4-21-12-9-11(16-5-15-9)17-6-18-12/h1-3,5-6,20H,4H2,(H2,13,19)(H,15,16,17,18). The third-order valence-corrected chi connectivity index (χ3v) is 3.82. The Kier molecular flexibility index (Phi) is 3.65. The highest BCUT2D eigenvalue weighted by Gasteiger charge is 2.08. The van der Waals surface area contributed by atoms with Crippen molar-refractivity contribution in [1.29, 1.82) is 0 Å². The Balaban J connectivity index is 1.80. The first kappa shape index (κ1) is 13.3. The van der Waals surface area contributed by atoms with Crippen molar-refractivity contribution >= 4 is 28.8 Å². The molecule has 0 aliphatic heterocycles. The van der Waals surface area contributed by atoms with Crippen molar-refractivity contribution in [2.24, 2.45) is 10.9 Å². The van der Waals surface area contributed by atoms with Gasteiger partial charge in [0, 0.05) is 11.9 Å². The van der Waals surface area contributed by atoms with Gasteiger partial charge in [-0.05, 0) is 17.7 Å². The average molecular weight is 301 g/mol. The monoisotopic (exact) mass is 301 g/mol. The molecule has 0 saturated heterocycles. The highest BCUT2D eigenvalue weighted by atomic mass is 32.2. The van der Waals surface area contributed by atoms with Gasteiger partial charge in [0.05, 0.1) is 6.33 Å². The molecule has 3 heterocycles. The van der Waals surface area contributed by atoms with Gasteiger partial charge < -0.3 is 15.9 Å². The number of thioether (sulfide) groups is 1. The number of aromatic amines is 1. The smallest absolute Gasteiger partial charge is 0.188 e. The molecule has 4 N–H and O–H groups in total. The SMILES string of the molecule is NC(=NO)c1cc(CSc2ncnc3nc[nH]c23)ccn1. The molecule has 21 heavy (non-hydrogen) atoms. The summed E-state index contributed by atoms with van der Waals surface area (Å²) in [4.78, 5) is 19.5. The Morgan fingerprint density at radius 2 is 2.24 bits per heavy atom. The zero-order chi connectivity index (χ0) is 14.7. The van der Waals surface area contributed by atoms with Crippen LogP contribution in [0.1, 0.15) is 11.3 Å². The van der Waals surface area contributed by atoms with Gasteiger partial charge in [0.2, 0.25) is 0 Å². The Bertz CT molecular complexity index is 801. The lowest BCUT2D eigenvalue weighted by Gasteiger charge is -2.04. The summed E-state index contributed by atoms with van der Waals surface area (Å²) in [6.07, 6.45) is 4.70. The number of pyridine rings is 1. The summed E-state index contributed by atoms with van der Waals surface area (Å²) in [5, 5.41) is 12.4. The zero-order valence-corrected chi connectivity index (χ0v) is 11.6. The number of rotatable bonds is 4. The predicted octanol–water partition coefficient (Wildman–Crippen LogP) is 1.13. The quantitative estimate of drug-likeness (QED) is 0.165. The van der Waals surface area contributed by atoms with Crippen LogP contribution in [-0.2, 0) is 5.75 Å². The molecule has 3 aromatic rings. The first-order valence-electron chi connectivity index (χ1n) is 5.97. The lowest BCUT2D eigenvalue weighted by molar-refractivity contribution is 0.318. The number of imidazole rings is 1. The second-order valence-electron chi connectivity index (χ2n) is 4.10. The molecule has 9 heteroatoms. The molecule has 0 saturated carbocycles. The van der Waals surface area contributed by atoms with Crippen LogP contribution in [0.5, 0.6) is 0 Å². The molecule has 3 aromatic heterocycles. The topological polar surface area (TPSA) is 126 Å². The summed E-state index contributed by atoms with van der Waals surface area (Å²) in [5.41, 5.74) is 8.40. The normalized spacial score (nSPS) is 11.9. The van der Waals surface area contributed by atoms with Crippen molar-refractivity contribution in [3.05, 3.63) is 42.2 Å². The van der Waals surface area contributed by atoms with E-state index >= 15 is 0 Å². The fourth-order valence-corrected chi connectivity index (χ4v) is 2.66. The minimum atomic E-state index is -0.0140. The molecule has 106 valence electrons. The Morgan fingerprint density at radius 3 is 3.10 bits per heavy atom. The maximum absolute atomic E-state index is 8.67. The number of fused-ring (bicyclic) bond motifs is 1. The summed E-state index contributed by atoms with van der Waals surface area (Å²) < 4.78 is 0. The van der Waals surface area contributed by atoms with Gasteiger partial charge in [-0.2, -0.15) is 0 Å². The van der Waals surface area contributed by atoms with E-state index in [4.69, 9.17) is 10.9 Å². The average Bonchev–Trinajstić information content (AvgIpc) is 3.01. The van der Waals surface area contributed by atoms with E-state index in [-0.39, 0.29) is 5.84 Å². The second-order valence-corrected chi connectivity index (χ2v) is 5.07. The van der Waals surface area contributed by atoms with Crippen molar-refractivity contribution in [1.82, 2.24) is 24.9 Å². The third kappa shape index (κ3) is 2.77. The Labute approximate surface area is 123 Å². The van der Waals surface area contributed by atoms with E-state index < -0.39 is 0 Å². The van der Waals surface area contributed by atoms with Crippen LogP contribution in [0.3, 0.4) is 0 Å². The lowest BCUT2D eigenvalue weighted by atomic mass is 10.2. The number of amidine groups is 1. The number of nitrogens with one attached hydrogen (secondary N) is 1. The van der Waals surface area contributed by atoms with Gasteiger partial charge in [-0.15, -0.1) is 0 Å². The van der Waals surface area contributed by atoms with Gasteiger partial charge in [0.25, 0.3) is 0 Å². The van der Waals surface area contributed by atoms with E-state index in [9.17, 15) is 0 Å². The van der Waals surface area contributed by atoms with Crippen LogP contribution in [0.25, 0.3) is 11.2 Å². The lowest BCUT2D eigenvalue weighted by Crippen LogP contribution is -2.15. The molecule has 0 aliphatic carbocycles. The van der Waals surface area contributed by atoms with Gasteiger partial charge in [-0.1, -0.05) is 16.9 Å². The predicted molar refractivity (Wildman–Crippen MR) is 78.0 cm³/mol. The van der Waals surface area contributed by atoms with Crippen molar-refractivity contribution < 1.29 is 5.21 Å². The molecule has 0 atom stereocenters.